The molecule has 0 unspecified atom stereocenters. The zero-order valence-corrected chi connectivity index (χ0v) is 17.5. The summed E-state index contributed by atoms with van der Waals surface area (Å²) in [4.78, 5) is 23.2. The smallest absolute Gasteiger partial charge is 0.185 e. The summed E-state index contributed by atoms with van der Waals surface area (Å²) in [5, 5.41) is 11.8. The lowest BCUT2D eigenvalue weighted by Gasteiger charge is -2.32. The molecular formula is C25H29O3-. The molecule has 0 radical (unpaired) electrons. The molecule has 148 valence electrons. The third-order valence-corrected chi connectivity index (χ3v) is 5.27. The number of allylic oxidation sites excluding steroid dienone is 13. The van der Waals surface area contributed by atoms with Crippen molar-refractivity contribution < 1.29 is 14.7 Å². The fourth-order valence-corrected chi connectivity index (χ4v) is 3.61. The summed E-state index contributed by atoms with van der Waals surface area (Å²) in [5.74, 6) is -1.82. The fraction of sp³-hybridized carbons (Fsp3) is 0.360. The van der Waals surface area contributed by atoms with E-state index in [1.807, 2.05) is 25.2 Å². The van der Waals surface area contributed by atoms with Gasteiger partial charge in [0.15, 0.2) is 11.6 Å². The lowest BCUT2D eigenvalue weighted by molar-refractivity contribution is -0.298. The third-order valence-electron chi connectivity index (χ3n) is 5.27. The van der Waals surface area contributed by atoms with Gasteiger partial charge in [-0.05, 0) is 75.0 Å². The normalized spacial score (nSPS) is 21.6. The van der Waals surface area contributed by atoms with E-state index in [-0.39, 0.29) is 11.0 Å². The highest BCUT2D eigenvalue weighted by molar-refractivity contribution is 6.20. The molecule has 0 aliphatic heterocycles. The molecule has 0 bridgehead atoms. The van der Waals surface area contributed by atoms with Gasteiger partial charge in [0.1, 0.15) is 0 Å². The molecular weight excluding hydrogens is 348 g/mol. The van der Waals surface area contributed by atoms with E-state index in [1.165, 1.54) is 36.5 Å². The molecule has 2 aliphatic carbocycles. The molecule has 0 atom stereocenters. The van der Waals surface area contributed by atoms with Crippen molar-refractivity contribution in [2.45, 2.75) is 53.9 Å². The Hall–Kier alpha value is -2.68. The van der Waals surface area contributed by atoms with Gasteiger partial charge in [-0.3, -0.25) is 9.59 Å². The van der Waals surface area contributed by atoms with Crippen LogP contribution >= 0.6 is 0 Å². The van der Waals surface area contributed by atoms with Crippen LogP contribution in [-0.2, 0) is 9.59 Å². The Morgan fingerprint density at radius 3 is 2.43 bits per heavy atom. The second-order valence-electron chi connectivity index (χ2n) is 8.23. The summed E-state index contributed by atoms with van der Waals surface area (Å²) < 4.78 is 0. The first-order valence-corrected chi connectivity index (χ1v) is 9.71. The number of carbonyl (C=O) groups is 2. The van der Waals surface area contributed by atoms with E-state index in [2.05, 4.69) is 32.9 Å². The Kier molecular flexibility index (Phi) is 6.95. The highest BCUT2D eigenvalue weighted by Gasteiger charge is 2.26. The summed E-state index contributed by atoms with van der Waals surface area (Å²) in [7, 11) is 0. The average molecular weight is 378 g/mol. The number of rotatable bonds is 5. The fourth-order valence-electron chi connectivity index (χ4n) is 3.61. The van der Waals surface area contributed by atoms with Crippen LogP contribution in [0.15, 0.2) is 82.2 Å². The molecule has 3 heteroatoms. The SMILES string of the molecule is CC1=C(/C=C/C(C)=C/C=C/C(C)=C/C2=C([O-])C(=O)C=CC2=O)C(C)(C)CCC1. The first-order chi connectivity index (χ1) is 13.1. The van der Waals surface area contributed by atoms with Gasteiger partial charge in [-0.1, -0.05) is 60.9 Å². The molecule has 0 spiro atoms. The Bertz CT molecular complexity index is 881. The van der Waals surface area contributed by atoms with E-state index >= 15 is 0 Å². The van der Waals surface area contributed by atoms with Crippen LogP contribution in [0.25, 0.3) is 0 Å². The van der Waals surface area contributed by atoms with Gasteiger partial charge in [-0.25, -0.2) is 0 Å². The standard InChI is InChI=1S/C25H30O3/c1-17(11-12-21-19(3)10-7-15-25(21,4)5)8-6-9-18(2)16-20-22(26)13-14-23(27)24(20)28/h6,8-9,11-14,16,28H,7,10,15H2,1-5H3/p-1/b9-6+,12-11+,17-8+,18-16+. The molecule has 0 saturated heterocycles. The molecule has 28 heavy (non-hydrogen) atoms. The monoisotopic (exact) mass is 377 g/mol. The lowest BCUT2D eigenvalue weighted by atomic mass is 9.72. The highest BCUT2D eigenvalue weighted by Crippen LogP contribution is 2.40. The quantitative estimate of drug-likeness (QED) is 0.509. The number of carbonyl (C=O) groups excluding carboxylic acids is 2. The molecule has 0 aromatic rings. The van der Waals surface area contributed by atoms with Crippen LogP contribution in [0.5, 0.6) is 0 Å². The van der Waals surface area contributed by atoms with Gasteiger partial charge in [0.2, 0.25) is 0 Å². The van der Waals surface area contributed by atoms with Crippen molar-refractivity contribution in [3.63, 3.8) is 0 Å². The van der Waals surface area contributed by atoms with Crippen LogP contribution in [-0.4, -0.2) is 11.6 Å². The van der Waals surface area contributed by atoms with Crippen LogP contribution in [0.4, 0.5) is 0 Å². The van der Waals surface area contributed by atoms with Crippen molar-refractivity contribution in [2.24, 2.45) is 5.41 Å². The van der Waals surface area contributed by atoms with E-state index in [4.69, 9.17) is 0 Å². The van der Waals surface area contributed by atoms with Gasteiger partial charge < -0.3 is 5.11 Å². The van der Waals surface area contributed by atoms with Gasteiger partial charge in [-0.2, -0.15) is 0 Å². The van der Waals surface area contributed by atoms with Gasteiger partial charge in [0.05, 0.1) is 0 Å². The Labute approximate surface area is 168 Å². The molecule has 0 aromatic heterocycles. The number of hydrogen-bond donors (Lipinski definition) is 0. The van der Waals surface area contributed by atoms with Crippen molar-refractivity contribution in [2.75, 3.05) is 0 Å². The topological polar surface area (TPSA) is 57.2 Å². The molecule has 0 fully saturated rings. The lowest BCUT2D eigenvalue weighted by Crippen LogP contribution is -2.22. The van der Waals surface area contributed by atoms with E-state index in [0.717, 1.165) is 23.3 Å². The maximum absolute atomic E-state index is 11.8. The molecule has 0 N–H and O–H groups in total. The molecule has 2 rings (SSSR count). The van der Waals surface area contributed by atoms with Crippen molar-refractivity contribution >= 4 is 11.6 Å². The molecule has 3 nitrogen and oxygen atoms in total. The maximum Gasteiger partial charge on any atom is 0.185 e. The van der Waals surface area contributed by atoms with Crippen LogP contribution < -0.4 is 5.11 Å². The van der Waals surface area contributed by atoms with E-state index in [9.17, 15) is 14.7 Å². The van der Waals surface area contributed by atoms with Crippen LogP contribution in [0, 0.1) is 5.41 Å². The summed E-state index contributed by atoms with van der Waals surface area (Å²) in [5.41, 5.74) is 4.89. The van der Waals surface area contributed by atoms with E-state index in [0.29, 0.717) is 0 Å². The third kappa shape index (κ3) is 5.41. The minimum Gasteiger partial charge on any atom is -0.869 e. The Morgan fingerprint density at radius 1 is 1.07 bits per heavy atom. The molecule has 2 aliphatic rings. The second-order valence-corrected chi connectivity index (χ2v) is 8.23. The summed E-state index contributed by atoms with van der Waals surface area (Å²) in [6, 6.07) is 0. The van der Waals surface area contributed by atoms with Gasteiger partial charge >= 0.3 is 0 Å². The van der Waals surface area contributed by atoms with E-state index in [1.54, 1.807) is 6.92 Å². The second kappa shape index (κ2) is 9.01. The van der Waals surface area contributed by atoms with Crippen molar-refractivity contribution in [3.8, 4) is 0 Å². The Balaban J connectivity index is 2.10. The molecule has 0 aromatic carbocycles. The summed E-state index contributed by atoms with van der Waals surface area (Å²) in [6.07, 6.45) is 17.3. The highest BCUT2D eigenvalue weighted by atomic mass is 16.3. The largest absolute Gasteiger partial charge is 0.869 e. The zero-order chi connectivity index (χ0) is 20.9. The molecule has 0 amide bonds. The van der Waals surface area contributed by atoms with Gasteiger partial charge in [0, 0.05) is 5.57 Å². The maximum atomic E-state index is 11.8. The van der Waals surface area contributed by atoms with Crippen LogP contribution in [0.2, 0.25) is 0 Å². The number of hydrogen-bond acceptors (Lipinski definition) is 3. The van der Waals surface area contributed by atoms with Crippen LogP contribution in [0.1, 0.15) is 53.9 Å². The van der Waals surface area contributed by atoms with Gasteiger partial charge in [-0.15, -0.1) is 0 Å². The summed E-state index contributed by atoms with van der Waals surface area (Å²) >= 11 is 0. The zero-order valence-electron chi connectivity index (χ0n) is 17.5. The summed E-state index contributed by atoms with van der Waals surface area (Å²) in [6.45, 7) is 10.7. The first-order valence-electron chi connectivity index (χ1n) is 9.71. The van der Waals surface area contributed by atoms with Gasteiger partial charge in [0.25, 0.3) is 0 Å². The van der Waals surface area contributed by atoms with Crippen LogP contribution in [0.3, 0.4) is 0 Å². The van der Waals surface area contributed by atoms with Crippen molar-refractivity contribution in [3.05, 3.63) is 82.2 Å². The minimum atomic E-state index is -0.742. The van der Waals surface area contributed by atoms with E-state index < -0.39 is 17.3 Å². The van der Waals surface area contributed by atoms with Crippen molar-refractivity contribution in [1.29, 1.82) is 0 Å². The van der Waals surface area contributed by atoms with Crippen molar-refractivity contribution in [1.82, 2.24) is 0 Å². The minimum absolute atomic E-state index is 0.0720. The number of ketones is 2. The predicted octanol–water partition coefficient (Wildman–Crippen LogP) is 4.84. The predicted molar refractivity (Wildman–Crippen MR) is 112 cm³/mol. The molecule has 0 heterocycles. The average Bonchev–Trinajstić information content (AvgIpc) is 2.61. The Morgan fingerprint density at radius 2 is 1.75 bits per heavy atom. The molecule has 0 saturated carbocycles. The first kappa shape index (κ1) is 21.6.